The second-order valence-corrected chi connectivity index (χ2v) is 9.25. The zero-order valence-electron chi connectivity index (χ0n) is 15.6. The van der Waals surface area contributed by atoms with Crippen LogP contribution in [0.4, 0.5) is 0 Å². The fourth-order valence-corrected chi connectivity index (χ4v) is 6.10. The summed E-state index contributed by atoms with van der Waals surface area (Å²) in [5.74, 6) is -1.75. The molecule has 0 aromatic heterocycles. The smallest absolute Gasteiger partial charge is 0.244 e. The number of carbonyl (C=O) groups is 2. The van der Waals surface area contributed by atoms with Gasteiger partial charge < -0.3 is 0 Å². The second-order valence-electron chi connectivity index (χ2n) is 7.41. The molecule has 6 heteroatoms. The van der Waals surface area contributed by atoms with Gasteiger partial charge in [-0.1, -0.05) is 60.2 Å². The van der Waals surface area contributed by atoms with E-state index in [2.05, 4.69) is 0 Å². The van der Waals surface area contributed by atoms with Crippen molar-refractivity contribution in [2.75, 3.05) is 0 Å². The Morgan fingerprint density at radius 3 is 2.00 bits per heavy atom. The molecule has 2 aromatic rings. The van der Waals surface area contributed by atoms with Crippen molar-refractivity contribution in [2.24, 2.45) is 11.8 Å². The maximum Gasteiger partial charge on any atom is 0.244 e. The van der Waals surface area contributed by atoms with Crippen molar-refractivity contribution < 1.29 is 18.0 Å². The molecule has 2 aromatic carbocycles. The maximum atomic E-state index is 13.3. The molecule has 4 atom stereocenters. The van der Waals surface area contributed by atoms with Crippen LogP contribution in [0, 0.1) is 18.8 Å². The van der Waals surface area contributed by atoms with E-state index >= 15 is 0 Å². The molecule has 2 heterocycles. The largest absolute Gasteiger partial charge is 0.300 e. The molecular weight excluding hydrogens is 374 g/mol. The molecule has 0 unspecified atom stereocenters. The summed E-state index contributed by atoms with van der Waals surface area (Å²) in [4.78, 5) is 25.8. The van der Waals surface area contributed by atoms with Gasteiger partial charge in [0.25, 0.3) is 0 Å². The number of Topliss-reactive ketones (excluding diaryl/α,β-unsaturated/α-hetero) is 2. The van der Waals surface area contributed by atoms with Gasteiger partial charge in [0.1, 0.15) is 5.78 Å². The SMILES string of the molecule is CC(=O)[C@H]1[C@H](C(=O)c2ccccc2)[C@H]2C=C[C@@H]1N2S(=O)(=O)c1ccc(C)cc1. The predicted octanol–water partition coefficient (Wildman–Crippen LogP) is 3.01. The van der Waals surface area contributed by atoms with E-state index in [-0.39, 0.29) is 16.5 Å². The summed E-state index contributed by atoms with van der Waals surface area (Å²) in [6.45, 7) is 3.32. The van der Waals surface area contributed by atoms with E-state index < -0.39 is 33.9 Å². The summed E-state index contributed by atoms with van der Waals surface area (Å²) < 4.78 is 28.0. The van der Waals surface area contributed by atoms with Crippen molar-refractivity contribution in [3.63, 3.8) is 0 Å². The number of hydrogen-bond donors (Lipinski definition) is 0. The van der Waals surface area contributed by atoms with Crippen LogP contribution in [0.1, 0.15) is 22.8 Å². The number of fused-ring (bicyclic) bond motifs is 2. The van der Waals surface area contributed by atoms with E-state index in [0.29, 0.717) is 5.56 Å². The van der Waals surface area contributed by atoms with Crippen LogP contribution >= 0.6 is 0 Å². The molecular formula is C22H21NO4S. The third-order valence-corrected chi connectivity index (χ3v) is 7.55. The third-order valence-electron chi connectivity index (χ3n) is 5.64. The van der Waals surface area contributed by atoms with Crippen LogP contribution in [0.25, 0.3) is 0 Å². The number of sulfonamides is 1. The summed E-state index contributed by atoms with van der Waals surface area (Å²) in [6.07, 6.45) is 3.50. The zero-order valence-corrected chi connectivity index (χ0v) is 16.5. The molecule has 0 amide bonds. The van der Waals surface area contributed by atoms with Crippen LogP contribution in [0.3, 0.4) is 0 Å². The van der Waals surface area contributed by atoms with Crippen molar-refractivity contribution >= 4 is 21.6 Å². The minimum absolute atomic E-state index is 0.171. The van der Waals surface area contributed by atoms with Crippen LogP contribution in [-0.2, 0) is 14.8 Å². The van der Waals surface area contributed by atoms with E-state index in [1.165, 1.54) is 11.2 Å². The first-order valence-electron chi connectivity index (χ1n) is 9.20. The first-order valence-corrected chi connectivity index (χ1v) is 10.6. The highest BCUT2D eigenvalue weighted by Crippen LogP contribution is 2.46. The minimum Gasteiger partial charge on any atom is -0.300 e. The Bertz CT molecular complexity index is 1060. The summed E-state index contributed by atoms with van der Waals surface area (Å²) in [7, 11) is -3.84. The number of aryl methyl sites for hydroxylation is 1. The summed E-state index contributed by atoms with van der Waals surface area (Å²) in [5, 5.41) is 0. The highest BCUT2D eigenvalue weighted by Gasteiger charge is 2.59. The van der Waals surface area contributed by atoms with E-state index in [1.807, 2.05) is 13.0 Å². The molecule has 1 fully saturated rings. The number of hydrogen-bond acceptors (Lipinski definition) is 4. The topological polar surface area (TPSA) is 71.5 Å². The summed E-state index contributed by atoms with van der Waals surface area (Å²) in [6, 6.07) is 14.1. The monoisotopic (exact) mass is 395 g/mol. The zero-order chi connectivity index (χ0) is 20.1. The minimum atomic E-state index is -3.84. The van der Waals surface area contributed by atoms with Crippen molar-refractivity contribution in [1.29, 1.82) is 0 Å². The van der Waals surface area contributed by atoms with E-state index in [9.17, 15) is 18.0 Å². The van der Waals surface area contributed by atoms with E-state index in [0.717, 1.165) is 5.56 Å². The first kappa shape index (κ1) is 18.8. The standard InChI is InChI=1S/C22H21NO4S/c1-14-8-10-17(11-9-14)28(26,27)23-18-12-13-19(23)21(20(18)15(2)24)22(25)16-6-4-3-5-7-16/h3-13,18-21H,1-2H3/t18-,19+,20+,21+/m0/s1. The molecule has 2 aliphatic rings. The van der Waals surface area contributed by atoms with E-state index in [1.54, 1.807) is 60.7 Å². The lowest BCUT2D eigenvalue weighted by Crippen LogP contribution is -2.38. The Hall–Kier alpha value is -2.57. The maximum absolute atomic E-state index is 13.3. The van der Waals surface area contributed by atoms with Crippen molar-refractivity contribution in [3.8, 4) is 0 Å². The van der Waals surface area contributed by atoms with Gasteiger partial charge >= 0.3 is 0 Å². The lowest BCUT2D eigenvalue weighted by molar-refractivity contribution is -0.121. The molecule has 2 aliphatic heterocycles. The van der Waals surface area contributed by atoms with Gasteiger partial charge in [-0.25, -0.2) is 8.42 Å². The van der Waals surface area contributed by atoms with Crippen LogP contribution in [-0.4, -0.2) is 36.4 Å². The molecule has 0 saturated carbocycles. The van der Waals surface area contributed by atoms with Gasteiger partial charge in [-0.05, 0) is 26.0 Å². The normalized spacial score (nSPS) is 26.5. The van der Waals surface area contributed by atoms with Crippen LogP contribution < -0.4 is 0 Å². The highest BCUT2D eigenvalue weighted by molar-refractivity contribution is 7.89. The first-order chi connectivity index (χ1) is 13.3. The van der Waals surface area contributed by atoms with Crippen LogP contribution in [0.2, 0.25) is 0 Å². The van der Waals surface area contributed by atoms with Gasteiger partial charge in [-0.3, -0.25) is 9.59 Å². The predicted molar refractivity (Wildman–Crippen MR) is 105 cm³/mol. The van der Waals surface area contributed by atoms with Crippen LogP contribution in [0.15, 0.2) is 71.6 Å². The number of carbonyl (C=O) groups excluding carboxylic acids is 2. The van der Waals surface area contributed by atoms with Gasteiger partial charge in [0, 0.05) is 11.5 Å². The molecule has 1 saturated heterocycles. The average Bonchev–Trinajstić information content (AvgIpc) is 3.25. The molecule has 0 radical (unpaired) electrons. The summed E-state index contributed by atoms with van der Waals surface area (Å²) in [5.41, 5.74) is 1.45. The molecule has 4 rings (SSSR count). The van der Waals surface area contributed by atoms with Gasteiger partial charge in [-0.15, -0.1) is 0 Å². The van der Waals surface area contributed by atoms with Gasteiger partial charge in [0.15, 0.2) is 5.78 Å². The quantitative estimate of drug-likeness (QED) is 0.576. The Morgan fingerprint density at radius 1 is 0.857 bits per heavy atom. The number of nitrogens with zero attached hydrogens (tertiary/aromatic N) is 1. The Morgan fingerprint density at radius 2 is 1.43 bits per heavy atom. The Labute approximate surface area is 164 Å². The van der Waals surface area contributed by atoms with Gasteiger partial charge in [-0.2, -0.15) is 4.31 Å². The molecule has 144 valence electrons. The number of benzene rings is 2. The lowest BCUT2D eigenvalue weighted by Gasteiger charge is -2.23. The van der Waals surface area contributed by atoms with Crippen molar-refractivity contribution in [3.05, 3.63) is 77.9 Å². The van der Waals surface area contributed by atoms with Gasteiger partial charge in [0.05, 0.1) is 22.9 Å². The number of ketones is 2. The third kappa shape index (κ3) is 2.84. The fraction of sp³-hybridized carbons (Fsp3) is 0.273. The average molecular weight is 395 g/mol. The molecule has 5 nitrogen and oxygen atoms in total. The summed E-state index contributed by atoms with van der Waals surface area (Å²) >= 11 is 0. The number of rotatable bonds is 5. The van der Waals surface area contributed by atoms with Gasteiger partial charge in [0.2, 0.25) is 10.0 Å². The fourth-order valence-electron chi connectivity index (χ4n) is 4.34. The molecule has 28 heavy (non-hydrogen) atoms. The van der Waals surface area contributed by atoms with Crippen molar-refractivity contribution in [2.45, 2.75) is 30.8 Å². The van der Waals surface area contributed by atoms with Crippen molar-refractivity contribution in [1.82, 2.24) is 4.31 Å². The Kier molecular flexibility index (Phi) is 4.56. The molecule has 0 aliphatic carbocycles. The molecule has 0 N–H and O–H groups in total. The lowest BCUT2D eigenvalue weighted by atomic mass is 9.76. The molecule has 0 spiro atoms. The van der Waals surface area contributed by atoms with Crippen LogP contribution in [0.5, 0.6) is 0 Å². The van der Waals surface area contributed by atoms with E-state index in [4.69, 9.17) is 0 Å². The Balaban J connectivity index is 1.77. The molecule has 2 bridgehead atoms. The highest BCUT2D eigenvalue weighted by atomic mass is 32.2. The second kappa shape index (κ2) is 6.79.